The highest BCUT2D eigenvalue weighted by Gasteiger charge is 2.59. The number of fused-ring (bicyclic) bond motifs is 5. The van der Waals surface area contributed by atoms with Crippen LogP contribution in [0.2, 0.25) is 0 Å². The summed E-state index contributed by atoms with van der Waals surface area (Å²) in [5.41, 5.74) is 0.157. The molecule has 3 aliphatic rings. The number of hydrogen-bond acceptors (Lipinski definition) is 5. The number of carbonyl (C=O) groups excluding carboxylic acids is 4. The lowest BCUT2D eigenvalue weighted by Gasteiger charge is -2.18. The van der Waals surface area contributed by atoms with Crippen LogP contribution < -0.4 is 4.90 Å². The molecule has 2 amide bonds. The summed E-state index contributed by atoms with van der Waals surface area (Å²) in [7, 11) is 0. The Kier molecular flexibility index (Phi) is 4.25. The highest BCUT2D eigenvalue weighted by Crippen LogP contribution is 2.53. The van der Waals surface area contributed by atoms with E-state index >= 15 is 0 Å². The minimum atomic E-state index is -0.609. The molecule has 1 aromatic rings. The Morgan fingerprint density at radius 3 is 2.04 bits per heavy atom. The summed E-state index contributed by atoms with van der Waals surface area (Å²) in [4.78, 5) is 50.9. The number of hydrogen-bond donors (Lipinski definition) is 0. The summed E-state index contributed by atoms with van der Waals surface area (Å²) in [6, 6.07) is 6.18. The molecular formula is C22H23NO5. The maximum absolute atomic E-state index is 12.8. The van der Waals surface area contributed by atoms with Crippen molar-refractivity contribution in [2.24, 2.45) is 29.1 Å². The molecular weight excluding hydrogens is 358 g/mol. The lowest BCUT2D eigenvalue weighted by Crippen LogP contribution is -2.32. The Morgan fingerprint density at radius 2 is 1.54 bits per heavy atom. The van der Waals surface area contributed by atoms with E-state index in [0.717, 1.165) is 6.42 Å². The van der Waals surface area contributed by atoms with Gasteiger partial charge in [0.15, 0.2) is 12.4 Å². The van der Waals surface area contributed by atoms with Crippen LogP contribution in [0.25, 0.3) is 0 Å². The molecule has 0 spiro atoms. The third-order valence-corrected chi connectivity index (χ3v) is 6.00. The summed E-state index contributed by atoms with van der Waals surface area (Å²) < 4.78 is 5.08. The summed E-state index contributed by atoms with van der Waals surface area (Å²) in [5, 5.41) is 0. The van der Waals surface area contributed by atoms with Gasteiger partial charge in [0.2, 0.25) is 11.8 Å². The Hall–Kier alpha value is -2.76. The summed E-state index contributed by atoms with van der Waals surface area (Å²) in [5.74, 6) is -1.28. The Bertz CT molecular complexity index is 862. The zero-order chi connectivity index (χ0) is 20.2. The molecule has 1 aliphatic heterocycles. The third-order valence-electron chi connectivity index (χ3n) is 6.00. The molecule has 6 heteroatoms. The first-order valence-electron chi connectivity index (χ1n) is 9.55. The van der Waals surface area contributed by atoms with Crippen molar-refractivity contribution >= 4 is 29.3 Å². The fourth-order valence-corrected chi connectivity index (χ4v) is 4.33. The van der Waals surface area contributed by atoms with E-state index in [4.69, 9.17) is 4.74 Å². The second-order valence-electron chi connectivity index (χ2n) is 8.81. The number of anilines is 1. The average Bonchev–Trinajstić information content (AvgIpc) is 3.32. The lowest BCUT2D eigenvalue weighted by atomic mass is 9.85. The van der Waals surface area contributed by atoms with E-state index in [1.54, 1.807) is 32.9 Å². The fraction of sp³-hybridized carbons (Fsp3) is 0.455. The van der Waals surface area contributed by atoms with Crippen LogP contribution in [-0.2, 0) is 19.1 Å². The van der Waals surface area contributed by atoms with Crippen LogP contribution in [0.4, 0.5) is 5.69 Å². The van der Waals surface area contributed by atoms with E-state index in [9.17, 15) is 19.2 Å². The van der Waals surface area contributed by atoms with Gasteiger partial charge in [-0.1, -0.05) is 32.9 Å². The smallest absolute Gasteiger partial charge is 0.338 e. The number of ether oxygens (including phenoxy) is 1. The number of ketones is 1. The second kappa shape index (κ2) is 6.40. The normalized spacial score (nSPS) is 28.0. The predicted molar refractivity (Wildman–Crippen MR) is 101 cm³/mol. The van der Waals surface area contributed by atoms with Crippen LogP contribution in [0.1, 0.15) is 37.6 Å². The summed E-state index contributed by atoms with van der Waals surface area (Å²) in [6.45, 7) is 5.00. The molecule has 0 unspecified atom stereocenters. The predicted octanol–water partition coefficient (Wildman–Crippen LogP) is 2.77. The monoisotopic (exact) mass is 381 g/mol. The Morgan fingerprint density at radius 1 is 1.00 bits per heavy atom. The Labute approximate surface area is 163 Å². The molecule has 146 valence electrons. The van der Waals surface area contributed by atoms with Gasteiger partial charge in [0.25, 0.3) is 0 Å². The van der Waals surface area contributed by atoms with Gasteiger partial charge in [0, 0.05) is 5.41 Å². The van der Waals surface area contributed by atoms with Gasteiger partial charge in [-0.2, -0.15) is 0 Å². The lowest BCUT2D eigenvalue weighted by molar-refractivity contribution is -0.129. The van der Waals surface area contributed by atoms with Crippen molar-refractivity contribution in [1.29, 1.82) is 0 Å². The number of nitrogens with zero attached hydrogens (tertiary/aromatic N) is 1. The first-order valence-corrected chi connectivity index (χ1v) is 9.55. The van der Waals surface area contributed by atoms with Crippen LogP contribution in [0, 0.1) is 29.1 Å². The largest absolute Gasteiger partial charge is 0.454 e. The van der Waals surface area contributed by atoms with E-state index in [1.165, 1.54) is 17.0 Å². The molecule has 0 aromatic heterocycles. The number of allylic oxidation sites excluding steroid dienone is 2. The number of esters is 1. The number of benzene rings is 1. The van der Waals surface area contributed by atoms with E-state index in [2.05, 4.69) is 12.2 Å². The van der Waals surface area contributed by atoms with Crippen LogP contribution in [-0.4, -0.2) is 30.2 Å². The topological polar surface area (TPSA) is 80.8 Å². The van der Waals surface area contributed by atoms with Crippen molar-refractivity contribution in [3.63, 3.8) is 0 Å². The van der Waals surface area contributed by atoms with Crippen molar-refractivity contribution in [2.45, 2.75) is 27.2 Å². The maximum Gasteiger partial charge on any atom is 0.338 e. The van der Waals surface area contributed by atoms with Crippen molar-refractivity contribution in [3.05, 3.63) is 42.0 Å². The van der Waals surface area contributed by atoms with Crippen LogP contribution in [0.5, 0.6) is 0 Å². The summed E-state index contributed by atoms with van der Waals surface area (Å²) >= 11 is 0. The molecule has 1 saturated heterocycles. The molecule has 0 radical (unpaired) electrons. The van der Waals surface area contributed by atoms with Gasteiger partial charge < -0.3 is 4.74 Å². The highest BCUT2D eigenvalue weighted by atomic mass is 16.5. The standard InChI is InChI=1S/C22H23NO5/c1-22(2,3)16(24)11-28-21(27)12-6-8-15(9-7-12)23-19(25)17-13-4-5-14(10-13)18(17)20(23)26/h4-9,13-14,17-18H,10-11H2,1-3H3/t13-,14+,17+,18-. The molecule has 4 rings (SSSR count). The van der Waals surface area contributed by atoms with E-state index in [1.807, 2.05) is 0 Å². The number of imide groups is 1. The number of Topliss-reactive ketones (excluding diaryl/α,β-unsaturated/α-hetero) is 1. The molecule has 2 fully saturated rings. The maximum atomic E-state index is 12.8. The van der Waals surface area contributed by atoms with Crippen LogP contribution >= 0.6 is 0 Å². The minimum Gasteiger partial charge on any atom is -0.454 e. The van der Waals surface area contributed by atoms with Gasteiger partial charge in [-0.15, -0.1) is 0 Å². The first-order chi connectivity index (χ1) is 13.2. The minimum absolute atomic E-state index is 0.155. The zero-order valence-electron chi connectivity index (χ0n) is 16.2. The Balaban J connectivity index is 1.45. The fourth-order valence-electron chi connectivity index (χ4n) is 4.33. The van der Waals surface area contributed by atoms with Gasteiger partial charge in [-0.05, 0) is 42.5 Å². The third kappa shape index (κ3) is 2.87. The van der Waals surface area contributed by atoms with Crippen LogP contribution in [0.15, 0.2) is 36.4 Å². The highest BCUT2D eigenvalue weighted by molar-refractivity contribution is 6.22. The molecule has 6 nitrogen and oxygen atoms in total. The molecule has 2 bridgehead atoms. The number of rotatable bonds is 4. The molecule has 28 heavy (non-hydrogen) atoms. The van der Waals surface area contributed by atoms with Gasteiger partial charge in [0.05, 0.1) is 23.1 Å². The average molecular weight is 381 g/mol. The SMILES string of the molecule is CC(C)(C)C(=O)COC(=O)c1ccc(N2C(=O)[C@@H]3[C@H](C2=O)[C@H]2C=C[C@@H]3C2)cc1. The van der Waals surface area contributed by atoms with E-state index < -0.39 is 11.4 Å². The second-order valence-corrected chi connectivity index (χ2v) is 8.81. The first kappa shape index (κ1) is 18.6. The molecule has 1 heterocycles. The van der Waals surface area contributed by atoms with Crippen molar-refractivity contribution < 1.29 is 23.9 Å². The summed E-state index contributed by atoms with van der Waals surface area (Å²) in [6.07, 6.45) is 5.00. The number of amides is 2. The quantitative estimate of drug-likeness (QED) is 0.455. The van der Waals surface area contributed by atoms with E-state index in [-0.39, 0.29) is 53.4 Å². The van der Waals surface area contributed by atoms with Gasteiger partial charge in [-0.3, -0.25) is 19.3 Å². The van der Waals surface area contributed by atoms with Crippen molar-refractivity contribution in [1.82, 2.24) is 0 Å². The van der Waals surface area contributed by atoms with Crippen molar-refractivity contribution in [2.75, 3.05) is 11.5 Å². The molecule has 1 aromatic carbocycles. The van der Waals surface area contributed by atoms with Gasteiger partial charge in [-0.25, -0.2) is 4.79 Å². The molecule has 1 saturated carbocycles. The number of carbonyl (C=O) groups is 4. The molecule has 4 atom stereocenters. The van der Waals surface area contributed by atoms with Crippen molar-refractivity contribution in [3.8, 4) is 0 Å². The van der Waals surface area contributed by atoms with Gasteiger partial charge >= 0.3 is 5.97 Å². The van der Waals surface area contributed by atoms with Crippen LogP contribution in [0.3, 0.4) is 0 Å². The van der Waals surface area contributed by atoms with Gasteiger partial charge in [0.1, 0.15) is 0 Å². The molecule has 0 N–H and O–H groups in total. The zero-order valence-corrected chi connectivity index (χ0v) is 16.2. The van der Waals surface area contributed by atoms with E-state index in [0.29, 0.717) is 5.69 Å². The molecule has 2 aliphatic carbocycles.